The van der Waals surface area contributed by atoms with Gasteiger partial charge in [-0.2, -0.15) is 0 Å². The summed E-state index contributed by atoms with van der Waals surface area (Å²) < 4.78 is 0. The van der Waals surface area contributed by atoms with Crippen molar-refractivity contribution in [1.29, 1.82) is 0 Å². The molecule has 3 aromatic rings. The summed E-state index contributed by atoms with van der Waals surface area (Å²) >= 11 is 0. The van der Waals surface area contributed by atoms with Crippen LogP contribution in [-0.4, -0.2) is 48.0 Å². The second-order valence-corrected chi connectivity index (χ2v) is 12.6. The van der Waals surface area contributed by atoms with E-state index in [0.717, 1.165) is 23.1 Å². The number of hydrogen-bond acceptors (Lipinski definition) is 6. The van der Waals surface area contributed by atoms with Gasteiger partial charge in [-0.05, 0) is 48.8 Å². The van der Waals surface area contributed by atoms with Gasteiger partial charge in [-0.3, -0.25) is 24.2 Å². The van der Waals surface area contributed by atoms with E-state index in [1.54, 1.807) is 0 Å². The number of nitrogens with one attached hydrogen (secondary N) is 2. The fourth-order valence-electron chi connectivity index (χ4n) is 5.73. The Bertz CT molecular complexity index is 1480. The molecule has 4 atom stereocenters. The van der Waals surface area contributed by atoms with E-state index in [0.29, 0.717) is 51.6 Å². The highest BCUT2D eigenvalue weighted by Crippen LogP contribution is 2.19. The van der Waals surface area contributed by atoms with Crippen molar-refractivity contribution in [3.63, 3.8) is 0 Å². The Morgan fingerprint density at radius 3 is 1.80 bits per heavy atom. The molecule has 2 amide bonds. The van der Waals surface area contributed by atoms with Gasteiger partial charge in [-0.25, -0.2) is 0 Å². The van der Waals surface area contributed by atoms with Crippen LogP contribution in [0.5, 0.6) is 0 Å². The van der Waals surface area contributed by atoms with E-state index in [9.17, 15) is 19.2 Å². The fraction of sp³-hybridized carbons (Fsp3) is 0.410. The van der Waals surface area contributed by atoms with Gasteiger partial charge in [-0.1, -0.05) is 111 Å². The predicted octanol–water partition coefficient (Wildman–Crippen LogP) is 3.99. The number of guanidine groups is 1. The molecule has 3 aromatic carbocycles. The molecule has 49 heavy (non-hydrogen) atoms. The van der Waals surface area contributed by atoms with Gasteiger partial charge in [0.1, 0.15) is 0 Å². The standard InChI is InChI=1S/C39H52N6O4/c1-2-3-21-34(36(47)25-31(20-13-22-43-39(41)42)37(48)44-27-30-18-11-6-12-19-30)45-38(49)32(23-28-14-7-4-8-15-28)26-35(46)33(40)24-29-16-9-5-10-17-29/h4-12,14-19,31-34H,2-3,13,20-27,40H2,1H3,(H,44,48)(H,45,49)(H4,41,42,43)/t31-,32-,33?,34+/m0/s1. The molecular weight excluding hydrogens is 616 g/mol. The van der Waals surface area contributed by atoms with Gasteiger partial charge in [0.15, 0.2) is 17.5 Å². The third-order valence-electron chi connectivity index (χ3n) is 8.54. The minimum Gasteiger partial charge on any atom is -0.370 e. The molecule has 0 aliphatic rings. The molecule has 0 heterocycles. The summed E-state index contributed by atoms with van der Waals surface area (Å²) in [6, 6.07) is 27.0. The highest BCUT2D eigenvalue weighted by atomic mass is 16.2. The summed E-state index contributed by atoms with van der Waals surface area (Å²) in [5, 5.41) is 5.94. The number of nitrogens with zero attached hydrogens (tertiary/aromatic N) is 1. The van der Waals surface area contributed by atoms with Crippen LogP contribution >= 0.6 is 0 Å². The summed E-state index contributed by atoms with van der Waals surface area (Å²) in [6.07, 6.45) is 3.42. The molecule has 3 rings (SSSR count). The van der Waals surface area contributed by atoms with Crippen LogP contribution in [0.25, 0.3) is 0 Å². The van der Waals surface area contributed by atoms with E-state index < -0.39 is 23.9 Å². The van der Waals surface area contributed by atoms with Crippen LogP contribution in [0.2, 0.25) is 0 Å². The van der Waals surface area contributed by atoms with Crippen LogP contribution in [0.15, 0.2) is 96.0 Å². The van der Waals surface area contributed by atoms with Crippen LogP contribution in [0.4, 0.5) is 0 Å². The lowest BCUT2D eigenvalue weighted by Gasteiger charge is -2.24. The molecule has 0 aliphatic carbocycles. The fourth-order valence-corrected chi connectivity index (χ4v) is 5.73. The topological polar surface area (TPSA) is 183 Å². The maximum absolute atomic E-state index is 13.9. The minimum absolute atomic E-state index is 0.0342. The van der Waals surface area contributed by atoms with Crippen LogP contribution in [-0.2, 0) is 38.6 Å². The molecular formula is C39H52N6O4. The average Bonchev–Trinajstić information content (AvgIpc) is 3.10. The molecule has 0 saturated carbocycles. The van der Waals surface area contributed by atoms with Gasteiger partial charge in [0.05, 0.1) is 12.1 Å². The maximum Gasteiger partial charge on any atom is 0.224 e. The molecule has 0 radical (unpaired) electrons. The van der Waals surface area contributed by atoms with E-state index in [2.05, 4.69) is 15.6 Å². The lowest BCUT2D eigenvalue weighted by Crippen LogP contribution is -2.46. The van der Waals surface area contributed by atoms with E-state index in [-0.39, 0.29) is 42.2 Å². The second kappa shape index (κ2) is 21.2. The van der Waals surface area contributed by atoms with Crippen molar-refractivity contribution >= 4 is 29.3 Å². The zero-order chi connectivity index (χ0) is 35.4. The SMILES string of the molecule is CCCC[C@@H](NC(=O)[C@H](CC(=O)C(N)Cc1ccccc1)Cc1ccccc1)C(=O)C[C@H](CCCN=C(N)N)C(=O)NCc1ccccc1. The number of amides is 2. The number of nitrogens with two attached hydrogens (primary N) is 3. The number of Topliss-reactive ketones (excluding diaryl/α,β-unsaturated/α-hetero) is 2. The lowest BCUT2D eigenvalue weighted by molar-refractivity contribution is -0.134. The first-order valence-electron chi connectivity index (χ1n) is 17.2. The maximum atomic E-state index is 13.9. The lowest BCUT2D eigenvalue weighted by atomic mass is 9.88. The zero-order valence-electron chi connectivity index (χ0n) is 28.6. The number of unbranched alkanes of at least 4 members (excludes halogenated alkanes) is 1. The Hall–Kier alpha value is -4.83. The van der Waals surface area contributed by atoms with Crippen molar-refractivity contribution in [1.82, 2.24) is 10.6 Å². The summed E-state index contributed by atoms with van der Waals surface area (Å²) in [4.78, 5) is 58.6. The molecule has 8 N–H and O–H groups in total. The summed E-state index contributed by atoms with van der Waals surface area (Å²) in [5.41, 5.74) is 20.1. The Balaban J connectivity index is 1.75. The van der Waals surface area contributed by atoms with Crippen molar-refractivity contribution < 1.29 is 19.2 Å². The molecule has 0 aliphatic heterocycles. The molecule has 262 valence electrons. The minimum atomic E-state index is -0.805. The molecule has 10 nitrogen and oxygen atoms in total. The van der Waals surface area contributed by atoms with Crippen molar-refractivity contribution in [3.05, 3.63) is 108 Å². The third-order valence-corrected chi connectivity index (χ3v) is 8.54. The van der Waals surface area contributed by atoms with E-state index in [1.165, 1.54) is 0 Å². The van der Waals surface area contributed by atoms with E-state index in [1.807, 2.05) is 97.9 Å². The molecule has 0 fully saturated rings. The highest BCUT2D eigenvalue weighted by molar-refractivity contribution is 5.94. The largest absolute Gasteiger partial charge is 0.370 e. The van der Waals surface area contributed by atoms with Gasteiger partial charge in [-0.15, -0.1) is 0 Å². The molecule has 1 unspecified atom stereocenters. The number of carbonyl (C=O) groups is 4. The zero-order valence-corrected chi connectivity index (χ0v) is 28.6. The molecule has 0 spiro atoms. The first-order valence-corrected chi connectivity index (χ1v) is 17.2. The van der Waals surface area contributed by atoms with E-state index >= 15 is 0 Å². The normalized spacial score (nSPS) is 13.3. The number of rotatable bonds is 22. The van der Waals surface area contributed by atoms with Gasteiger partial charge in [0, 0.05) is 37.8 Å². The summed E-state index contributed by atoms with van der Waals surface area (Å²) in [5.74, 6) is -2.46. The monoisotopic (exact) mass is 668 g/mol. The van der Waals surface area contributed by atoms with Crippen molar-refractivity contribution in [2.24, 2.45) is 34.0 Å². The highest BCUT2D eigenvalue weighted by Gasteiger charge is 2.31. The van der Waals surface area contributed by atoms with Crippen LogP contribution in [0.3, 0.4) is 0 Å². The van der Waals surface area contributed by atoms with E-state index in [4.69, 9.17) is 17.2 Å². The van der Waals surface area contributed by atoms with Gasteiger partial charge >= 0.3 is 0 Å². The molecule has 0 aromatic heterocycles. The quantitative estimate of drug-likeness (QED) is 0.0609. The first kappa shape index (κ1) is 38.6. The predicted molar refractivity (Wildman–Crippen MR) is 194 cm³/mol. The van der Waals surface area contributed by atoms with Crippen LogP contribution in [0, 0.1) is 11.8 Å². The van der Waals surface area contributed by atoms with Gasteiger partial charge in [0.25, 0.3) is 0 Å². The number of ketones is 2. The number of hydrogen-bond donors (Lipinski definition) is 5. The Labute approximate surface area is 290 Å². The van der Waals surface area contributed by atoms with Crippen molar-refractivity contribution in [3.8, 4) is 0 Å². The molecule has 0 saturated heterocycles. The smallest absolute Gasteiger partial charge is 0.224 e. The van der Waals surface area contributed by atoms with Crippen molar-refractivity contribution in [2.75, 3.05) is 6.54 Å². The van der Waals surface area contributed by atoms with Crippen molar-refractivity contribution in [2.45, 2.75) is 83.3 Å². The van der Waals surface area contributed by atoms with Gasteiger partial charge in [0.2, 0.25) is 11.8 Å². The Morgan fingerprint density at radius 1 is 0.673 bits per heavy atom. The Morgan fingerprint density at radius 2 is 1.22 bits per heavy atom. The molecule has 10 heteroatoms. The third kappa shape index (κ3) is 14.4. The summed E-state index contributed by atoms with van der Waals surface area (Å²) in [7, 11) is 0. The van der Waals surface area contributed by atoms with Crippen LogP contribution < -0.4 is 27.8 Å². The second-order valence-electron chi connectivity index (χ2n) is 12.6. The molecule has 0 bridgehead atoms. The van der Waals surface area contributed by atoms with Crippen LogP contribution in [0.1, 0.15) is 68.6 Å². The first-order chi connectivity index (χ1) is 23.7. The number of aliphatic imine (C=N–C) groups is 1. The Kier molecular flexibility index (Phi) is 16.7. The summed E-state index contributed by atoms with van der Waals surface area (Å²) in [6.45, 7) is 2.67. The average molecular weight is 669 g/mol. The number of carbonyl (C=O) groups excluding carboxylic acids is 4. The van der Waals surface area contributed by atoms with Gasteiger partial charge < -0.3 is 27.8 Å². The number of benzene rings is 3.